The van der Waals surface area contributed by atoms with Crippen molar-refractivity contribution in [3.63, 3.8) is 0 Å². The number of anilines is 1. The van der Waals surface area contributed by atoms with Crippen molar-refractivity contribution in [2.24, 2.45) is 7.05 Å². The minimum atomic E-state index is -0.936. The first kappa shape index (κ1) is 18.1. The predicted octanol–water partition coefficient (Wildman–Crippen LogP) is 1.36. The monoisotopic (exact) mass is 386 g/mol. The Morgan fingerprint density at radius 2 is 2.29 bits per heavy atom. The number of nitrogens with one attached hydrogen (secondary N) is 2. The summed E-state index contributed by atoms with van der Waals surface area (Å²) in [6.07, 6.45) is 2.43. The van der Waals surface area contributed by atoms with Crippen LogP contribution in [0.2, 0.25) is 0 Å². The average Bonchev–Trinajstić information content (AvgIpc) is 3.27. The summed E-state index contributed by atoms with van der Waals surface area (Å²) in [7, 11) is 1.76. The fraction of sp³-hybridized carbons (Fsp3) is 0.333. The summed E-state index contributed by atoms with van der Waals surface area (Å²) in [5.74, 6) is -0.773. The zero-order chi connectivity index (χ0) is 19.8. The summed E-state index contributed by atoms with van der Waals surface area (Å²) in [5, 5.41) is 14.2. The maximum atomic E-state index is 13.4. The molecular formula is C18H19FN6O3. The third-order valence-electron chi connectivity index (χ3n) is 4.76. The molecule has 0 radical (unpaired) electrons. The molecule has 1 fully saturated rings. The zero-order valence-corrected chi connectivity index (χ0v) is 15.3. The molecule has 146 valence electrons. The molecule has 10 heteroatoms. The van der Waals surface area contributed by atoms with Crippen molar-refractivity contribution in [1.82, 2.24) is 24.9 Å². The van der Waals surface area contributed by atoms with Crippen LogP contribution < -0.4 is 5.32 Å². The van der Waals surface area contributed by atoms with Crippen LogP contribution in [-0.2, 0) is 21.4 Å². The van der Waals surface area contributed by atoms with Gasteiger partial charge in [-0.2, -0.15) is 10.2 Å². The quantitative estimate of drug-likeness (QED) is 0.705. The Morgan fingerprint density at radius 1 is 1.46 bits per heavy atom. The number of nitrogens with zero attached hydrogens (tertiary/aromatic N) is 4. The van der Waals surface area contributed by atoms with Gasteiger partial charge in [0.05, 0.1) is 17.8 Å². The van der Waals surface area contributed by atoms with Crippen LogP contribution in [-0.4, -0.2) is 55.9 Å². The number of aromatic nitrogens is 4. The molecule has 2 N–H and O–H groups in total. The van der Waals surface area contributed by atoms with Gasteiger partial charge in [0, 0.05) is 30.7 Å². The molecule has 1 aromatic carbocycles. The number of aryl methyl sites for hydroxylation is 1. The molecular weight excluding hydrogens is 367 g/mol. The van der Waals surface area contributed by atoms with E-state index in [1.807, 2.05) is 6.92 Å². The van der Waals surface area contributed by atoms with Gasteiger partial charge < -0.3 is 15.0 Å². The molecule has 2 atom stereocenters. The van der Waals surface area contributed by atoms with E-state index in [9.17, 15) is 14.0 Å². The molecule has 1 aliphatic heterocycles. The van der Waals surface area contributed by atoms with Gasteiger partial charge in [-0.05, 0) is 25.1 Å². The lowest BCUT2D eigenvalue weighted by Gasteiger charge is -2.39. The largest absolute Gasteiger partial charge is 0.356 e. The fourth-order valence-corrected chi connectivity index (χ4v) is 3.47. The van der Waals surface area contributed by atoms with E-state index in [0.717, 1.165) is 0 Å². The molecule has 0 unspecified atom stereocenters. The number of morpholine rings is 1. The minimum absolute atomic E-state index is 0.185. The fourth-order valence-electron chi connectivity index (χ4n) is 3.47. The van der Waals surface area contributed by atoms with E-state index in [2.05, 4.69) is 20.6 Å². The van der Waals surface area contributed by atoms with Crippen LogP contribution in [0, 0.1) is 5.82 Å². The molecule has 1 aliphatic rings. The number of fused-ring (bicyclic) bond motifs is 1. The SMILES string of the molecule is CCN1C(=O)CO[C@H](C(=O)Nc2n[nH]c3cc(F)ccc23)[C@H]1c1cnn(C)c1. The normalized spacial score (nSPS) is 20.0. The van der Waals surface area contributed by atoms with Gasteiger partial charge in [0.2, 0.25) is 5.91 Å². The molecule has 3 heterocycles. The summed E-state index contributed by atoms with van der Waals surface area (Å²) in [6.45, 7) is 2.09. The van der Waals surface area contributed by atoms with Gasteiger partial charge >= 0.3 is 0 Å². The zero-order valence-electron chi connectivity index (χ0n) is 15.3. The Bertz CT molecular complexity index is 1050. The van der Waals surface area contributed by atoms with Crippen molar-refractivity contribution < 1.29 is 18.7 Å². The number of benzene rings is 1. The van der Waals surface area contributed by atoms with E-state index in [-0.39, 0.29) is 18.3 Å². The standard InChI is InChI=1S/C18H19FN6O3/c1-3-25-14(26)9-28-16(15(25)10-7-20-24(2)8-10)18(27)21-17-12-5-4-11(19)6-13(12)22-23-17/h4-8,15-16H,3,9H2,1-2H3,(H2,21,22,23,27)/t15-,16+/m1/s1. The molecule has 0 spiro atoms. The Balaban J connectivity index is 1.64. The van der Waals surface area contributed by atoms with Crippen LogP contribution in [0.1, 0.15) is 18.5 Å². The van der Waals surface area contributed by atoms with E-state index in [4.69, 9.17) is 4.74 Å². The summed E-state index contributed by atoms with van der Waals surface area (Å²) in [4.78, 5) is 26.9. The van der Waals surface area contributed by atoms with Crippen molar-refractivity contribution in [3.05, 3.63) is 42.0 Å². The lowest BCUT2D eigenvalue weighted by Crippen LogP contribution is -2.52. The molecule has 0 bridgehead atoms. The van der Waals surface area contributed by atoms with Crippen LogP contribution in [0.5, 0.6) is 0 Å². The lowest BCUT2D eigenvalue weighted by atomic mass is 10.00. The summed E-state index contributed by atoms with van der Waals surface area (Å²) in [5.41, 5.74) is 1.17. The number of halogens is 1. The van der Waals surface area contributed by atoms with Crippen molar-refractivity contribution >= 4 is 28.5 Å². The number of H-pyrrole nitrogens is 1. The number of ether oxygens (including phenoxy) is 1. The number of carbonyl (C=O) groups is 2. The molecule has 28 heavy (non-hydrogen) atoms. The summed E-state index contributed by atoms with van der Waals surface area (Å²) >= 11 is 0. The maximum Gasteiger partial charge on any atom is 0.257 e. The van der Waals surface area contributed by atoms with Gasteiger partial charge in [0.15, 0.2) is 11.9 Å². The Hall–Kier alpha value is -3.27. The molecule has 2 aromatic heterocycles. The van der Waals surface area contributed by atoms with Crippen molar-refractivity contribution in [3.8, 4) is 0 Å². The van der Waals surface area contributed by atoms with Crippen LogP contribution in [0.15, 0.2) is 30.6 Å². The summed E-state index contributed by atoms with van der Waals surface area (Å²) in [6, 6.07) is 3.51. The topological polar surface area (TPSA) is 105 Å². The highest BCUT2D eigenvalue weighted by Gasteiger charge is 2.42. The Morgan fingerprint density at radius 3 is 3.00 bits per heavy atom. The highest BCUT2D eigenvalue weighted by Crippen LogP contribution is 2.31. The van der Waals surface area contributed by atoms with Gasteiger partial charge in [-0.25, -0.2) is 4.39 Å². The van der Waals surface area contributed by atoms with Crippen LogP contribution in [0.25, 0.3) is 10.9 Å². The van der Waals surface area contributed by atoms with E-state index in [0.29, 0.717) is 23.0 Å². The second kappa shape index (κ2) is 7.04. The predicted molar refractivity (Wildman–Crippen MR) is 97.8 cm³/mol. The van der Waals surface area contributed by atoms with Crippen LogP contribution in [0.3, 0.4) is 0 Å². The van der Waals surface area contributed by atoms with E-state index < -0.39 is 23.9 Å². The van der Waals surface area contributed by atoms with Gasteiger partial charge in [-0.15, -0.1) is 0 Å². The second-order valence-corrected chi connectivity index (χ2v) is 6.55. The second-order valence-electron chi connectivity index (χ2n) is 6.55. The van der Waals surface area contributed by atoms with E-state index in [1.165, 1.54) is 18.2 Å². The van der Waals surface area contributed by atoms with E-state index >= 15 is 0 Å². The minimum Gasteiger partial charge on any atom is -0.356 e. The van der Waals surface area contributed by atoms with Crippen molar-refractivity contribution in [1.29, 1.82) is 0 Å². The Labute approximate surface area is 159 Å². The van der Waals surface area contributed by atoms with Crippen LogP contribution >= 0.6 is 0 Å². The first-order chi connectivity index (χ1) is 13.5. The molecule has 2 amide bonds. The van der Waals surface area contributed by atoms with Gasteiger partial charge in [-0.1, -0.05) is 0 Å². The summed E-state index contributed by atoms with van der Waals surface area (Å²) < 4.78 is 20.6. The lowest BCUT2D eigenvalue weighted by molar-refractivity contribution is -0.162. The number of carbonyl (C=O) groups excluding carboxylic acids is 2. The first-order valence-corrected chi connectivity index (χ1v) is 8.82. The number of rotatable bonds is 4. The molecule has 0 saturated carbocycles. The highest BCUT2D eigenvalue weighted by molar-refractivity contribution is 6.02. The number of hydrogen-bond acceptors (Lipinski definition) is 5. The maximum absolute atomic E-state index is 13.4. The first-order valence-electron chi connectivity index (χ1n) is 8.82. The number of likely N-dealkylation sites (N-methyl/N-ethyl adjacent to an activating group) is 1. The van der Waals surface area contributed by atoms with Gasteiger partial charge in [0.25, 0.3) is 5.91 Å². The number of aromatic amines is 1. The highest BCUT2D eigenvalue weighted by atomic mass is 19.1. The van der Waals surface area contributed by atoms with Gasteiger partial charge in [-0.3, -0.25) is 19.4 Å². The Kier molecular flexibility index (Phi) is 4.55. The number of hydrogen-bond donors (Lipinski definition) is 2. The smallest absolute Gasteiger partial charge is 0.257 e. The molecule has 9 nitrogen and oxygen atoms in total. The molecule has 0 aliphatic carbocycles. The third kappa shape index (κ3) is 3.11. The van der Waals surface area contributed by atoms with Gasteiger partial charge in [0.1, 0.15) is 12.4 Å². The van der Waals surface area contributed by atoms with Crippen LogP contribution in [0.4, 0.5) is 10.2 Å². The van der Waals surface area contributed by atoms with Crippen molar-refractivity contribution in [2.75, 3.05) is 18.5 Å². The molecule has 1 saturated heterocycles. The third-order valence-corrected chi connectivity index (χ3v) is 4.76. The molecule has 4 rings (SSSR count). The number of amides is 2. The van der Waals surface area contributed by atoms with E-state index in [1.54, 1.807) is 29.0 Å². The van der Waals surface area contributed by atoms with Crippen molar-refractivity contribution in [2.45, 2.75) is 19.1 Å². The average molecular weight is 386 g/mol. The molecule has 3 aromatic rings.